The van der Waals surface area contributed by atoms with Gasteiger partial charge in [0.25, 0.3) is 5.91 Å². The second-order valence-electron chi connectivity index (χ2n) is 7.61. The molecule has 2 aromatic carbocycles. The van der Waals surface area contributed by atoms with Gasteiger partial charge in [-0.3, -0.25) is 19.4 Å². The molecule has 0 aliphatic carbocycles. The van der Waals surface area contributed by atoms with Crippen molar-refractivity contribution in [2.45, 2.75) is 0 Å². The largest absolute Gasteiger partial charge is 0.451 e. The van der Waals surface area contributed by atoms with Crippen LogP contribution in [0.2, 0.25) is 0 Å². The minimum Gasteiger partial charge on any atom is -0.451 e. The fraction of sp³-hybridized carbons (Fsp3) is 0.261. The minimum atomic E-state index is -0.801. The van der Waals surface area contributed by atoms with E-state index in [1.54, 1.807) is 24.3 Å². The van der Waals surface area contributed by atoms with Crippen LogP contribution in [0.1, 0.15) is 10.6 Å². The Morgan fingerprint density at radius 3 is 2.76 bits per heavy atom. The van der Waals surface area contributed by atoms with Gasteiger partial charge in [0, 0.05) is 38.3 Å². The monoisotopic (exact) mass is 471 g/mol. The van der Waals surface area contributed by atoms with Gasteiger partial charge in [-0.15, -0.1) is 0 Å². The number of halogens is 2. The second kappa shape index (κ2) is 8.97. The van der Waals surface area contributed by atoms with Crippen LogP contribution >= 0.6 is 11.3 Å². The van der Waals surface area contributed by atoms with Crippen LogP contribution in [0.15, 0.2) is 51.7 Å². The van der Waals surface area contributed by atoms with Gasteiger partial charge in [0.05, 0.1) is 23.3 Å². The first-order valence-corrected chi connectivity index (χ1v) is 11.2. The van der Waals surface area contributed by atoms with E-state index < -0.39 is 17.5 Å². The Morgan fingerprint density at radius 2 is 1.94 bits per heavy atom. The third-order valence-corrected chi connectivity index (χ3v) is 6.49. The zero-order chi connectivity index (χ0) is 22.9. The summed E-state index contributed by atoms with van der Waals surface area (Å²) in [5, 5.41) is 0.565. The van der Waals surface area contributed by atoms with Crippen molar-refractivity contribution in [1.82, 2.24) is 9.88 Å². The summed E-state index contributed by atoms with van der Waals surface area (Å²) >= 11 is 1.00. The van der Waals surface area contributed by atoms with E-state index in [0.29, 0.717) is 43.8 Å². The van der Waals surface area contributed by atoms with Crippen LogP contribution in [-0.4, -0.2) is 55.2 Å². The molecule has 4 aromatic rings. The number of nitrogens with zero attached hydrogens (tertiary/aromatic N) is 3. The first kappa shape index (κ1) is 21.6. The molecule has 3 heterocycles. The number of para-hydroxylation sites is 1. The molecule has 0 bridgehead atoms. The number of morpholine rings is 1. The highest BCUT2D eigenvalue weighted by atomic mass is 32.1. The molecule has 2 aromatic heterocycles. The lowest BCUT2D eigenvalue weighted by atomic mass is 10.2. The molecule has 5 rings (SSSR count). The van der Waals surface area contributed by atoms with Crippen molar-refractivity contribution in [1.29, 1.82) is 0 Å². The Morgan fingerprint density at radius 1 is 1.15 bits per heavy atom. The third-order valence-electron chi connectivity index (χ3n) is 5.47. The summed E-state index contributed by atoms with van der Waals surface area (Å²) in [5.41, 5.74) is -0.0647. The smallest absolute Gasteiger partial charge is 0.295 e. The number of hydrogen-bond donors (Lipinski definition) is 0. The molecule has 0 atom stereocenters. The number of benzene rings is 2. The maximum absolute atomic E-state index is 14.3. The summed E-state index contributed by atoms with van der Waals surface area (Å²) in [6, 6.07) is 9.75. The SMILES string of the molecule is O=C(c1cc(=O)c2ccccc2o1)N(CCN1CCOCC1)c1nc2c(F)cc(F)cc2s1. The molecule has 0 radical (unpaired) electrons. The van der Waals surface area contributed by atoms with Gasteiger partial charge >= 0.3 is 0 Å². The number of rotatable bonds is 5. The van der Waals surface area contributed by atoms with Gasteiger partial charge in [-0.2, -0.15) is 0 Å². The number of ether oxygens (including phenoxy) is 1. The predicted molar refractivity (Wildman–Crippen MR) is 121 cm³/mol. The van der Waals surface area contributed by atoms with Gasteiger partial charge in [-0.1, -0.05) is 23.5 Å². The van der Waals surface area contributed by atoms with Crippen molar-refractivity contribution in [2.75, 3.05) is 44.3 Å². The lowest BCUT2D eigenvalue weighted by Crippen LogP contribution is -2.43. The highest BCUT2D eigenvalue weighted by Crippen LogP contribution is 2.32. The van der Waals surface area contributed by atoms with Gasteiger partial charge in [-0.05, 0) is 18.2 Å². The molecule has 0 unspecified atom stereocenters. The van der Waals surface area contributed by atoms with Crippen molar-refractivity contribution in [2.24, 2.45) is 0 Å². The molecular weight excluding hydrogens is 452 g/mol. The molecule has 1 fully saturated rings. The summed E-state index contributed by atoms with van der Waals surface area (Å²) in [6.07, 6.45) is 0. The van der Waals surface area contributed by atoms with Crippen molar-refractivity contribution in [3.63, 3.8) is 0 Å². The van der Waals surface area contributed by atoms with E-state index in [2.05, 4.69) is 9.88 Å². The second-order valence-corrected chi connectivity index (χ2v) is 8.62. The van der Waals surface area contributed by atoms with Crippen molar-refractivity contribution in [3.8, 4) is 0 Å². The zero-order valence-electron chi connectivity index (χ0n) is 17.4. The number of amides is 1. The summed E-state index contributed by atoms with van der Waals surface area (Å²) in [4.78, 5) is 33.8. The first-order valence-electron chi connectivity index (χ1n) is 10.4. The topological polar surface area (TPSA) is 75.9 Å². The van der Waals surface area contributed by atoms with Gasteiger partial charge in [-0.25, -0.2) is 13.8 Å². The van der Waals surface area contributed by atoms with Gasteiger partial charge in [0.1, 0.15) is 16.9 Å². The fourth-order valence-corrected chi connectivity index (χ4v) is 4.78. The van der Waals surface area contributed by atoms with E-state index in [9.17, 15) is 18.4 Å². The van der Waals surface area contributed by atoms with E-state index in [-0.39, 0.29) is 33.1 Å². The Hall–Kier alpha value is -3.21. The number of fused-ring (bicyclic) bond motifs is 2. The third kappa shape index (κ3) is 4.37. The van der Waals surface area contributed by atoms with Crippen molar-refractivity contribution >= 4 is 43.6 Å². The highest BCUT2D eigenvalue weighted by molar-refractivity contribution is 7.22. The molecule has 10 heteroatoms. The lowest BCUT2D eigenvalue weighted by molar-refractivity contribution is 0.0390. The standard InChI is InChI=1S/C23H19F2N3O4S/c24-14-11-16(25)21-20(12-14)33-23(26-21)28(6-5-27-7-9-31-10-8-27)22(30)19-13-17(29)15-3-1-2-4-18(15)32-19/h1-4,11-13H,5-10H2. The summed E-state index contributed by atoms with van der Waals surface area (Å²) in [7, 11) is 0. The summed E-state index contributed by atoms with van der Waals surface area (Å²) in [6.45, 7) is 3.36. The predicted octanol–water partition coefficient (Wildman–Crippen LogP) is 3.66. The average Bonchev–Trinajstić information content (AvgIpc) is 3.24. The number of hydrogen-bond acceptors (Lipinski definition) is 7. The number of anilines is 1. The van der Waals surface area contributed by atoms with E-state index in [0.717, 1.165) is 23.5 Å². The van der Waals surface area contributed by atoms with Gasteiger partial charge in [0.2, 0.25) is 0 Å². The van der Waals surface area contributed by atoms with Crippen molar-refractivity contribution < 1.29 is 22.7 Å². The Balaban J connectivity index is 1.54. The first-order chi connectivity index (χ1) is 16.0. The maximum Gasteiger partial charge on any atom is 0.295 e. The molecule has 1 saturated heterocycles. The molecule has 170 valence electrons. The average molecular weight is 471 g/mol. The quantitative estimate of drug-likeness (QED) is 0.442. The normalized spacial score (nSPS) is 14.7. The van der Waals surface area contributed by atoms with Crippen LogP contribution in [0.5, 0.6) is 0 Å². The van der Waals surface area contributed by atoms with Gasteiger partial charge in [0.15, 0.2) is 22.1 Å². The number of thiazole rings is 1. The Kier molecular flexibility index (Phi) is 5.88. The summed E-state index contributed by atoms with van der Waals surface area (Å²) < 4.78 is 39.4. The van der Waals surface area contributed by atoms with Crippen LogP contribution < -0.4 is 10.3 Å². The Labute approximate surface area is 190 Å². The Bertz CT molecular complexity index is 1400. The number of aromatic nitrogens is 1. The molecule has 33 heavy (non-hydrogen) atoms. The van der Waals surface area contributed by atoms with Crippen LogP contribution in [0.4, 0.5) is 13.9 Å². The van der Waals surface area contributed by atoms with Crippen LogP contribution in [0, 0.1) is 11.6 Å². The van der Waals surface area contributed by atoms with E-state index in [4.69, 9.17) is 9.15 Å². The molecular formula is C23H19F2N3O4S. The number of carbonyl (C=O) groups is 1. The lowest BCUT2D eigenvalue weighted by Gasteiger charge is -2.29. The zero-order valence-corrected chi connectivity index (χ0v) is 18.2. The molecule has 1 aliphatic heterocycles. The fourth-order valence-electron chi connectivity index (χ4n) is 3.75. The molecule has 1 amide bonds. The van der Waals surface area contributed by atoms with E-state index >= 15 is 0 Å². The molecule has 0 N–H and O–H groups in total. The van der Waals surface area contributed by atoms with Crippen LogP contribution in [0.25, 0.3) is 21.2 Å². The molecule has 0 spiro atoms. The molecule has 1 aliphatic rings. The summed E-state index contributed by atoms with van der Waals surface area (Å²) in [5.74, 6) is -2.25. The van der Waals surface area contributed by atoms with Crippen LogP contribution in [-0.2, 0) is 4.74 Å². The van der Waals surface area contributed by atoms with E-state index in [1.807, 2.05) is 0 Å². The van der Waals surface area contributed by atoms with E-state index in [1.165, 1.54) is 11.0 Å². The van der Waals surface area contributed by atoms with Crippen LogP contribution in [0.3, 0.4) is 0 Å². The molecule has 7 nitrogen and oxygen atoms in total. The highest BCUT2D eigenvalue weighted by Gasteiger charge is 2.26. The maximum atomic E-state index is 14.3. The minimum absolute atomic E-state index is 0.0134. The molecule has 0 saturated carbocycles. The van der Waals surface area contributed by atoms with Crippen molar-refractivity contribution in [3.05, 3.63) is 70.1 Å². The number of carbonyl (C=O) groups excluding carboxylic acids is 1. The van der Waals surface area contributed by atoms with Gasteiger partial charge < -0.3 is 9.15 Å².